The Kier molecular flexibility index (Phi) is 3.57. The molecule has 0 spiro atoms. The molecule has 1 N–H and O–H groups in total. The number of carbonyl (C=O) groups is 1. The maximum Gasteiger partial charge on any atom is 0.225 e. The number of hydrogen-bond donors (Lipinski definition) is 1. The molecule has 1 unspecified atom stereocenters. The first-order chi connectivity index (χ1) is 8.75. The predicted molar refractivity (Wildman–Crippen MR) is 71.4 cm³/mol. The summed E-state index contributed by atoms with van der Waals surface area (Å²) in [6.45, 7) is 7.68. The van der Waals surface area contributed by atoms with Gasteiger partial charge in [-0.05, 0) is 32.6 Å². The van der Waals surface area contributed by atoms with Gasteiger partial charge in [-0.15, -0.1) is 0 Å². The second kappa shape index (κ2) is 5.17. The van der Waals surface area contributed by atoms with E-state index in [0.29, 0.717) is 23.9 Å². The van der Waals surface area contributed by atoms with Crippen LogP contribution in [-0.2, 0) is 4.79 Å². The lowest BCUT2D eigenvalue weighted by atomic mass is 10.00. The van der Waals surface area contributed by atoms with Crippen molar-refractivity contribution in [3.63, 3.8) is 0 Å². The van der Waals surface area contributed by atoms with Crippen LogP contribution in [0.5, 0.6) is 0 Å². The number of nitrogens with one attached hydrogen (secondary N) is 1. The van der Waals surface area contributed by atoms with Crippen LogP contribution in [0.4, 0.5) is 0 Å². The van der Waals surface area contributed by atoms with Crippen molar-refractivity contribution < 1.29 is 4.79 Å². The summed E-state index contributed by atoms with van der Waals surface area (Å²) in [6, 6.07) is 1.35. The molecule has 1 amide bonds. The Morgan fingerprint density at radius 3 is 2.44 bits per heavy atom. The van der Waals surface area contributed by atoms with Crippen LogP contribution >= 0.6 is 0 Å². The second-order valence-corrected chi connectivity index (χ2v) is 6.12. The average Bonchev–Trinajstić information content (AvgIpc) is 3.23. The van der Waals surface area contributed by atoms with Crippen molar-refractivity contribution in [3.8, 4) is 0 Å². The Morgan fingerprint density at radius 1 is 1.11 bits per heavy atom. The fourth-order valence-electron chi connectivity index (χ4n) is 3.41. The van der Waals surface area contributed by atoms with Gasteiger partial charge in [0, 0.05) is 50.7 Å². The van der Waals surface area contributed by atoms with Gasteiger partial charge in [-0.1, -0.05) is 0 Å². The fraction of sp³-hybridized carbons (Fsp3) is 0.929. The molecule has 0 bridgehead atoms. The lowest BCUT2D eigenvalue weighted by Gasteiger charge is -2.43. The summed E-state index contributed by atoms with van der Waals surface area (Å²) in [5.74, 6) is 0.821. The molecule has 3 rings (SSSR count). The standard InChI is InChI=1S/C14H25N3O/c1-11-10-15-6-9-17(11)13-4-7-16(8-5-13)14(18)12-2-3-12/h11-13,15H,2-10H2,1H3. The summed E-state index contributed by atoms with van der Waals surface area (Å²) in [4.78, 5) is 16.8. The third kappa shape index (κ3) is 2.54. The van der Waals surface area contributed by atoms with Gasteiger partial charge in [-0.2, -0.15) is 0 Å². The number of carbonyl (C=O) groups excluding carboxylic acids is 1. The molecule has 2 heterocycles. The highest BCUT2D eigenvalue weighted by molar-refractivity contribution is 5.81. The summed E-state index contributed by atoms with van der Waals surface area (Å²) in [5, 5.41) is 3.45. The number of likely N-dealkylation sites (tertiary alicyclic amines) is 1. The SMILES string of the molecule is CC1CNCCN1C1CCN(C(=O)C2CC2)CC1. The molecule has 4 nitrogen and oxygen atoms in total. The van der Waals surface area contributed by atoms with Gasteiger partial charge in [0.2, 0.25) is 5.91 Å². The molecule has 0 aromatic rings. The van der Waals surface area contributed by atoms with Gasteiger partial charge in [0.1, 0.15) is 0 Å². The average molecular weight is 251 g/mol. The van der Waals surface area contributed by atoms with Crippen LogP contribution in [0, 0.1) is 5.92 Å². The van der Waals surface area contributed by atoms with Crippen LogP contribution in [0.25, 0.3) is 0 Å². The third-order valence-corrected chi connectivity index (χ3v) is 4.72. The summed E-state index contributed by atoms with van der Waals surface area (Å²) < 4.78 is 0. The monoisotopic (exact) mass is 251 g/mol. The molecule has 1 atom stereocenters. The number of amides is 1. The summed E-state index contributed by atoms with van der Waals surface area (Å²) in [7, 11) is 0. The molecule has 3 aliphatic rings. The van der Waals surface area contributed by atoms with Gasteiger partial charge in [0.25, 0.3) is 0 Å². The van der Waals surface area contributed by atoms with Crippen molar-refractivity contribution in [3.05, 3.63) is 0 Å². The number of piperidine rings is 1. The molecule has 2 aliphatic heterocycles. The van der Waals surface area contributed by atoms with Crippen LogP contribution in [0.2, 0.25) is 0 Å². The van der Waals surface area contributed by atoms with Crippen molar-refractivity contribution >= 4 is 5.91 Å². The molecule has 1 aliphatic carbocycles. The van der Waals surface area contributed by atoms with E-state index < -0.39 is 0 Å². The molecule has 1 saturated carbocycles. The highest BCUT2D eigenvalue weighted by atomic mass is 16.2. The lowest BCUT2D eigenvalue weighted by molar-refractivity contribution is -0.134. The quantitative estimate of drug-likeness (QED) is 0.784. The van der Waals surface area contributed by atoms with Gasteiger partial charge in [-0.3, -0.25) is 9.69 Å². The molecule has 4 heteroatoms. The molecular weight excluding hydrogens is 226 g/mol. The molecule has 2 saturated heterocycles. The Bertz CT molecular complexity index is 308. The zero-order valence-corrected chi connectivity index (χ0v) is 11.4. The first-order valence-electron chi connectivity index (χ1n) is 7.51. The summed E-state index contributed by atoms with van der Waals surface area (Å²) in [5.41, 5.74) is 0. The first kappa shape index (κ1) is 12.4. The topological polar surface area (TPSA) is 35.6 Å². The van der Waals surface area contributed by atoms with Gasteiger partial charge < -0.3 is 10.2 Å². The van der Waals surface area contributed by atoms with Gasteiger partial charge in [0.05, 0.1) is 0 Å². The molecule has 0 aromatic heterocycles. The molecule has 0 aromatic carbocycles. The minimum Gasteiger partial charge on any atom is -0.342 e. The Balaban J connectivity index is 1.51. The van der Waals surface area contributed by atoms with Crippen molar-refractivity contribution in [1.29, 1.82) is 0 Å². The number of hydrogen-bond acceptors (Lipinski definition) is 3. The van der Waals surface area contributed by atoms with E-state index in [1.165, 1.54) is 19.4 Å². The largest absolute Gasteiger partial charge is 0.342 e. The fourth-order valence-corrected chi connectivity index (χ4v) is 3.41. The van der Waals surface area contributed by atoms with Gasteiger partial charge in [0.15, 0.2) is 0 Å². The van der Waals surface area contributed by atoms with Crippen molar-refractivity contribution in [2.75, 3.05) is 32.7 Å². The molecular formula is C14H25N3O. The third-order valence-electron chi connectivity index (χ3n) is 4.72. The summed E-state index contributed by atoms with van der Waals surface area (Å²) in [6.07, 6.45) is 4.60. The minimum absolute atomic E-state index is 0.389. The Morgan fingerprint density at radius 2 is 1.83 bits per heavy atom. The van der Waals surface area contributed by atoms with E-state index in [9.17, 15) is 4.79 Å². The number of piperazine rings is 1. The van der Waals surface area contributed by atoms with E-state index in [4.69, 9.17) is 0 Å². The van der Waals surface area contributed by atoms with Crippen molar-refractivity contribution in [2.45, 2.75) is 44.7 Å². The Labute approximate surface area is 110 Å². The van der Waals surface area contributed by atoms with E-state index >= 15 is 0 Å². The zero-order valence-electron chi connectivity index (χ0n) is 11.4. The van der Waals surface area contributed by atoms with E-state index in [1.54, 1.807) is 0 Å². The maximum absolute atomic E-state index is 12.0. The first-order valence-corrected chi connectivity index (χ1v) is 7.51. The number of rotatable bonds is 2. The van der Waals surface area contributed by atoms with Crippen molar-refractivity contribution in [1.82, 2.24) is 15.1 Å². The van der Waals surface area contributed by atoms with Crippen LogP contribution in [0.15, 0.2) is 0 Å². The van der Waals surface area contributed by atoms with E-state index in [1.807, 2.05) is 0 Å². The number of nitrogens with zero attached hydrogens (tertiary/aromatic N) is 2. The maximum atomic E-state index is 12.0. The minimum atomic E-state index is 0.389. The molecule has 102 valence electrons. The second-order valence-electron chi connectivity index (χ2n) is 6.12. The van der Waals surface area contributed by atoms with Gasteiger partial charge in [-0.25, -0.2) is 0 Å². The predicted octanol–water partition coefficient (Wildman–Crippen LogP) is 0.681. The highest BCUT2D eigenvalue weighted by Gasteiger charge is 2.36. The molecule has 18 heavy (non-hydrogen) atoms. The highest BCUT2D eigenvalue weighted by Crippen LogP contribution is 2.32. The van der Waals surface area contributed by atoms with E-state index in [-0.39, 0.29) is 0 Å². The smallest absolute Gasteiger partial charge is 0.225 e. The van der Waals surface area contributed by atoms with E-state index in [2.05, 4.69) is 22.0 Å². The normalized spacial score (nSPS) is 31.6. The van der Waals surface area contributed by atoms with Crippen molar-refractivity contribution in [2.24, 2.45) is 5.92 Å². The van der Waals surface area contributed by atoms with Crippen LogP contribution in [-0.4, -0.2) is 60.5 Å². The Hall–Kier alpha value is -0.610. The van der Waals surface area contributed by atoms with Crippen LogP contribution < -0.4 is 5.32 Å². The van der Waals surface area contributed by atoms with E-state index in [0.717, 1.165) is 39.0 Å². The van der Waals surface area contributed by atoms with Crippen LogP contribution in [0.1, 0.15) is 32.6 Å². The lowest BCUT2D eigenvalue weighted by Crippen LogP contribution is -2.56. The zero-order chi connectivity index (χ0) is 12.5. The molecule has 0 radical (unpaired) electrons. The molecule has 3 fully saturated rings. The summed E-state index contributed by atoms with van der Waals surface area (Å²) >= 11 is 0. The van der Waals surface area contributed by atoms with Gasteiger partial charge >= 0.3 is 0 Å². The van der Waals surface area contributed by atoms with Crippen LogP contribution in [0.3, 0.4) is 0 Å².